The molecule has 0 radical (unpaired) electrons. The largest absolute Gasteiger partial charge is 0.336 e. The van der Waals surface area contributed by atoms with Gasteiger partial charge in [0.15, 0.2) is 0 Å². The first-order valence-corrected chi connectivity index (χ1v) is 8.06. The zero-order valence-electron chi connectivity index (χ0n) is 13.3. The van der Waals surface area contributed by atoms with Crippen LogP contribution in [0.1, 0.15) is 18.1 Å². The molecule has 0 unspecified atom stereocenters. The van der Waals surface area contributed by atoms with Gasteiger partial charge in [0, 0.05) is 28.0 Å². The Morgan fingerprint density at radius 2 is 1.86 bits per heavy atom. The zero-order chi connectivity index (χ0) is 15.7. The summed E-state index contributed by atoms with van der Waals surface area (Å²) in [6, 6.07) is 14.9. The van der Waals surface area contributed by atoms with Crippen LogP contribution in [0.4, 0.5) is 0 Å². The van der Waals surface area contributed by atoms with Gasteiger partial charge in [-0.05, 0) is 49.8 Å². The quantitative estimate of drug-likeness (QED) is 0.538. The average Bonchev–Trinajstić information content (AvgIpc) is 3.02. The second kappa shape index (κ2) is 6.15. The van der Waals surface area contributed by atoms with Crippen LogP contribution in [0.5, 0.6) is 0 Å². The topological polar surface area (TPSA) is 17.0 Å². The summed E-state index contributed by atoms with van der Waals surface area (Å²) >= 11 is 6.16. The molecule has 0 bridgehead atoms. The minimum absolute atomic E-state index is 0.819. The van der Waals surface area contributed by atoms with Crippen LogP contribution in [0.25, 0.3) is 22.2 Å². The van der Waals surface area contributed by atoms with E-state index < -0.39 is 0 Å². The summed E-state index contributed by atoms with van der Waals surface area (Å²) in [4.78, 5) is 0. The maximum Gasteiger partial charge on any atom is 0.0530 e. The lowest BCUT2D eigenvalue weighted by Gasteiger charge is -2.02. The van der Waals surface area contributed by atoms with Gasteiger partial charge in [-0.2, -0.15) is 0 Å². The van der Waals surface area contributed by atoms with Crippen molar-refractivity contribution >= 4 is 22.5 Å². The fourth-order valence-corrected chi connectivity index (χ4v) is 3.46. The molecule has 0 saturated heterocycles. The molecule has 1 aliphatic heterocycles. The van der Waals surface area contributed by atoms with E-state index in [0.717, 1.165) is 18.0 Å². The normalized spacial score (nSPS) is 11.8. The van der Waals surface area contributed by atoms with Gasteiger partial charge in [-0.15, -0.1) is 0 Å². The number of aromatic nitrogens is 1. The van der Waals surface area contributed by atoms with E-state index in [1.807, 2.05) is 20.2 Å². The van der Waals surface area contributed by atoms with E-state index in [-0.39, 0.29) is 0 Å². The highest BCUT2D eigenvalue weighted by Crippen LogP contribution is 2.41. The molecule has 0 aliphatic carbocycles. The molecule has 22 heavy (non-hydrogen) atoms. The third-order valence-corrected chi connectivity index (χ3v) is 4.32. The van der Waals surface area contributed by atoms with Gasteiger partial charge in [0.1, 0.15) is 0 Å². The molecular formula is C19H21ClN2. The fraction of sp³-hybridized carbons (Fsp3) is 0.263. The lowest BCUT2D eigenvalue weighted by Crippen LogP contribution is -1.91. The van der Waals surface area contributed by atoms with Gasteiger partial charge in [0.2, 0.25) is 0 Å². The SMILES string of the molecule is CCc1c2n(c3ccc(Cl)cc13)Cc1ccccc1-2.CNC. The summed E-state index contributed by atoms with van der Waals surface area (Å²) in [5.41, 5.74) is 6.90. The van der Waals surface area contributed by atoms with Crippen LogP contribution in [0.3, 0.4) is 0 Å². The first kappa shape index (κ1) is 15.1. The predicted octanol–water partition coefficient (Wildman–Crippen LogP) is 4.72. The molecule has 0 spiro atoms. The van der Waals surface area contributed by atoms with Crippen LogP contribution >= 0.6 is 11.6 Å². The molecule has 2 aromatic carbocycles. The van der Waals surface area contributed by atoms with Crippen molar-refractivity contribution < 1.29 is 0 Å². The minimum atomic E-state index is 0.819. The molecule has 0 saturated carbocycles. The van der Waals surface area contributed by atoms with Crippen molar-refractivity contribution in [2.75, 3.05) is 14.1 Å². The molecule has 0 amide bonds. The van der Waals surface area contributed by atoms with Crippen LogP contribution < -0.4 is 5.32 Å². The average molecular weight is 313 g/mol. The van der Waals surface area contributed by atoms with E-state index >= 15 is 0 Å². The van der Waals surface area contributed by atoms with Gasteiger partial charge < -0.3 is 9.88 Å². The molecule has 3 heteroatoms. The first-order valence-electron chi connectivity index (χ1n) is 7.68. The number of hydrogen-bond acceptors (Lipinski definition) is 1. The highest BCUT2D eigenvalue weighted by molar-refractivity contribution is 6.31. The van der Waals surface area contributed by atoms with Crippen LogP contribution in [-0.2, 0) is 13.0 Å². The smallest absolute Gasteiger partial charge is 0.0530 e. The predicted molar refractivity (Wildman–Crippen MR) is 95.8 cm³/mol. The maximum absolute atomic E-state index is 6.16. The number of rotatable bonds is 1. The van der Waals surface area contributed by atoms with Crippen molar-refractivity contribution in [3.8, 4) is 11.3 Å². The van der Waals surface area contributed by atoms with Gasteiger partial charge in [-0.1, -0.05) is 42.8 Å². The molecule has 4 rings (SSSR count). The Bertz CT molecular complexity index is 818. The summed E-state index contributed by atoms with van der Waals surface area (Å²) in [5.74, 6) is 0. The lowest BCUT2D eigenvalue weighted by atomic mass is 10.0. The molecule has 2 nitrogen and oxygen atoms in total. The summed E-state index contributed by atoms with van der Waals surface area (Å²) in [5, 5.41) is 4.87. The molecule has 3 aromatic rings. The molecule has 0 atom stereocenters. The van der Waals surface area contributed by atoms with Crippen molar-refractivity contribution in [3.05, 3.63) is 58.6 Å². The first-order chi connectivity index (χ1) is 10.7. The standard InChI is InChI=1S/C17H14ClN.C2H7N/c1-2-13-15-9-12(18)7-8-16(15)19-10-11-5-3-4-6-14(11)17(13)19;1-3-2/h3-9H,2,10H2,1H3;3H,1-2H3. The third-order valence-electron chi connectivity index (χ3n) is 4.08. The van der Waals surface area contributed by atoms with E-state index in [4.69, 9.17) is 11.6 Å². The number of nitrogens with one attached hydrogen (secondary N) is 1. The Morgan fingerprint density at radius 1 is 1.14 bits per heavy atom. The molecule has 1 aliphatic rings. The summed E-state index contributed by atoms with van der Waals surface area (Å²) in [7, 11) is 3.75. The van der Waals surface area contributed by atoms with Crippen molar-refractivity contribution in [1.29, 1.82) is 0 Å². The summed E-state index contributed by atoms with van der Waals surface area (Å²) in [6.45, 7) is 3.20. The second-order valence-corrected chi connectivity index (χ2v) is 6.02. The monoisotopic (exact) mass is 312 g/mol. The number of halogens is 1. The third kappa shape index (κ3) is 2.33. The molecule has 0 fully saturated rings. The van der Waals surface area contributed by atoms with E-state index in [0.29, 0.717) is 0 Å². The number of benzene rings is 2. The van der Waals surface area contributed by atoms with Crippen LogP contribution in [0.15, 0.2) is 42.5 Å². The second-order valence-electron chi connectivity index (χ2n) is 5.59. The number of aryl methyl sites for hydroxylation is 1. The highest BCUT2D eigenvalue weighted by atomic mass is 35.5. The highest BCUT2D eigenvalue weighted by Gasteiger charge is 2.24. The summed E-state index contributed by atoms with van der Waals surface area (Å²) < 4.78 is 2.43. The Kier molecular flexibility index (Phi) is 4.23. The Hall–Kier alpha value is -1.77. The van der Waals surface area contributed by atoms with Crippen molar-refractivity contribution in [3.63, 3.8) is 0 Å². The molecule has 2 heterocycles. The lowest BCUT2D eigenvalue weighted by molar-refractivity contribution is 0.882. The van der Waals surface area contributed by atoms with E-state index in [1.54, 1.807) is 0 Å². The van der Waals surface area contributed by atoms with Gasteiger partial charge in [0.05, 0.1) is 5.69 Å². The van der Waals surface area contributed by atoms with Crippen LogP contribution in [0, 0.1) is 0 Å². The Morgan fingerprint density at radius 3 is 2.59 bits per heavy atom. The van der Waals surface area contributed by atoms with Crippen molar-refractivity contribution in [2.24, 2.45) is 0 Å². The number of fused-ring (bicyclic) bond motifs is 5. The van der Waals surface area contributed by atoms with E-state index in [9.17, 15) is 0 Å². The molecule has 1 aromatic heterocycles. The zero-order valence-corrected chi connectivity index (χ0v) is 14.0. The fourth-order valence-electron chi connectivity index (χ4n) is 3.29. The molecule has 1 N–H and O–H groups in total. The molecular weight excluding hydrogens is 292 g/mol. The van der Waals surface area contributed by atoms with Crippen LogP contribution in [0.2, 0.25) is 5.02 Å². The van der Waals surface area contributed by atoms with Gasteiger partial charge >= 0.3 is 0 Å². The Balaban J connectivity index is 0.000000446. The van der Waals surface area contributed by atoms with Crippen LogP contribution in [-0.4, -0.2) is 18.7 Å². The number of nitrogens with zero attached hydrogens (tertiary/aromatic N) is 1. The van der Waals surface area contributed by atoms with Crippen molar-refractivity contribution in [1.82, 2.24) is 9.88 Å². The van der Waals surface area contributed by atoms with E-state index in [2.05, 4.69) is 53.2 Å². The van der Waals surface area contributed by atoms with Gasteiger partial charge in [-0.3, -0.25) is 0 Å². The van der Waals surface area contributed by atoms with Gasteiger partial charge in [0.25, 0.3) is 0 Å². The summed E-state index contributed by atoms with van der Waals surface area (Å²) in [6.07, 6.45) is 1.04. The number of hydrogen-bond donors (Lipinski definition) is 1. The Labute approximate surface area is 136 Å². The van der Waals surface area contributed by atoms with Gasteiger partial charge in [-0.25, -0.2) is 0 Å². The molecule has 114 valence electrons. The van der Waals surface area contributed by atoms with Crippen molar-refractivity contribution in [2.45, 2.75) is 19.9 Å². The minimum Gasteiger partial charge on any atom is -0.336 e. The maximum atomic E-state index is 6.16. The van der Waals surface area contributed by atoms with E-state index in [1.165, 1.54) is 33.3 Å².